The van der Waals surface area contributed by atoms with Crippen LogP contribution in [0.4, 0.5) is 0 Å². The van der Waals surface area contributed by atoms with Crippen LogP contribution in [0.2, 0.25) is 0 Å². The molecule has 2 aliphatic rings. The first kappa shape index (κ1) is 14.8. The normalized spacial score (nSPS) is 35.3. The summed E-state index contributed by atoms with van der Waals surface area (Å²) >= 11 is 0. The van der Waals surface area contributed by atoms with Gasteiger partial charge in [-0.15, -0.1) is 0 Å². The number of hydrogen-bond donors (Lipinski definition) is 2. The van der Waals surface area contributed by atoms with Crippen LogP contribution in [0, 0.1) is 11.3 Å². The topological polar surface area (TPSA) is 41.1 Å². The van der Waals surface area contributed by atoms with Crippen LogP contribution in [-0.4, -0.2) is 25.0 Å². The Hall–Kier alpha value is -0.570. The van der Waals surface area contributed by atoms with Crippen LogP contribution in [0.5, 0.6) is 0 Å². The zero-order chi connectivity index (χ0) is 13.7. The maximum absolute atomic E-state index is 12.5. The third-order valence-corrected chi connectivity index (χ3v) is 5.28. The van der Waals surface area contributed by atoms with Crippen molar-refractivity contribution in [2.24, 2.45) is 11.3 Å². The highest BCUT2D eigenvalue weighted by atomic mass is 16.2. The molecule has 1 aliphatic carbocycles. The summed E-state index contributed by atoms with van der Waals surface area (Å²) < 4.78 is 0. The Morgan fingerprint density at radius 3 is 2.53 bits per heavy atom. The van der Waals surface area contributed by atoms with E-state index in [0.29, 0.717) is 11.9 Å². The summed E-state index contributed by atoms with van der Waals surface area (Å²) in [4.78, 5) is 12.5. The SMILES string of the molecule is CCCC1CCC(NC(=O)C2(CC)CCNC2)CC1. The lowest BCUT2D eigenvalue weighted by Crippen LogP contribution is -2.47. The van der Waals surface area contributed by atoms with Gasteiger partial charge >= 0.3 is 0 Å². The maximum Gasteiger partial charge on any atom is 0.227 e. The van der Waals surface area contributed by atoms with Gasteiger partial charge in [-0.2, -0.15) is 0 Å². The van der Waals surface area contributed by atoms with Crippen molar-refractivity contribution >= 4 is 5.91 Å². The third-order valence-electron chi connectivity index (χ3n) is 5.28. The Bertz CT molecular complexity index is 289. The van der Waals surface area contributed by atoms with Crippen LogP contribution in [0.25, 0.3) is 0 Å². The van der Waals surface area contributed by atoms with Crippen LogP contribution < -0.4 is 10.6 Å². The fourth-order valence-corrected chi connectivity index (χ4v) is 3.74. The van der Waals surface area contributed by atoms with E-state index in [1.54, 1.807) is 0 Å². The Morgan fingerprint density at radius 1 is 1.26 bits per heavy atom. The van der Waals surface area contributed by atoms with Crippen LogP contribution in [0.3, 0.4) is 0 Å². The summed E-state index contributed by atoms with van der Waals surface area (Å²) in [5.41, 5.74) is -0.125. The molecule has 1 saturated heterocycles. The number of nitrogens with one attached hydrogen (secondary N) is 2. The first-order valence-electron chi connectivity index (χ1n) is 8.22. The minimum absolute atomic E-state index is 0.125. The molecule has 1 amide bonds. The smallest absolute Gasteiger partial charge is 0.227 e. The molecule has 0 aromatic carbocycles. The molecule has 19 heavy (non-hydrogen) atoms. The lowest BCUT2D eigenvalue weighted by Gasteiger charge is -2.33. The lowest BCUT2D eigenvalue weighted by molar-refractivity contribution is -0.131. The van der Waals surface area contributed by atoms with Gasteiger partial charge in [-0.3, -0.25) is 4.79 Å². The molecule has 2 N–H and O–H groups in total. The summed E-state index contributed by atoms with van der Waals surface area (Å²) in [6, 6.07) is 0.435. The quantitative estimate of drug-likeness (QED) is 0.803. The van der Waals surface area contributed by atoms with E-state index < -0.39 is 0 Å². The fourth-order valence-electron chi connectivity index (χ4n) is 3.74. The highest BCUT2D eigenvalue weighted by Crippen LogP contribution is 2.32. The molecule has 3 nitrogen and oxygen atoms in total. The second kappa shape index (κ2) is 6.74. The number of rotatable bonds is 5. The minimum atomic E-state index is -0.125. The van der Waals surface area contributed by atoms with Crippen LogP contribution in [0.1, 0.15) is 65.2 Å². The molecule has 3 heteroatoms. The fraction of sp³-hybridized carbons (Fsp3) is 0.938. The molecule has 110 valence electrons. The van der Waals surface area contributed by atoms with Gasteiger partial charge in [-0.1, -0.05) is 26.7 Å². The van der Waals surface area contributed by atoms with E-state index in [1.165, 1.54) is 38.5 Å². The summed E-state index contributed by atoms with van der Waals surface area (Å²) in [7, 11) is 0. The van der Waals surface area contributed by atoms with E-state index in [0.717, 1.165) is 31.8 Å². The van der Waals surface area contributed by atoms with Gasteiger partial charge in [-0.05, 0) is 51.0 Å². The van der Waals surface area contributed by atoms with E-state index in [4.69, 9.17) is 0 Å². The summed E-state index contributed by atoms with van der Waals surface area (Å²) in [5.74, 6) is 1.21. The standard InChI is InChI=1S/C16H30N2O/c1-3-5-13-6-8-14(9-7-13)18-15(19)16(4-2)10-11-17-12-16/h13-14,17H,3-12H2,1-2H3,(H,18,19). The zero-order valence-corrected chi connectivity index (χ0v) is 12.6. The zero-order valence-electron chi connectivity index (χ0n) is 12.6. The molecule has 0 radical (unpaired) electrons. The number of carbonyl (C=O) groups is 1. The van der Waals surface area contributed by atoms with E-state index >= 15 is 0 Å². The van der Waals surface area contributed by atoms with Gasteiger partial charge in [0, 0.05) is 12.6 Å². The first-order chi connectivity index (χ1) is 9.20. The van der Waals surface area contributed by atoms with Gasteiger partial charge in [0.25, 0.3) is 0 Å². The summed E-state index contributed by atoms with van der Waals surface area (Å²) in [6.07, 6.45) is 9.59. The Labute approximate surface area is 117 Å². The lowest BCUT2D eigenvalue weighted by atomic mass is 9.80. The molecule has 1 heterocycles. The van der Waals surface area contributed by atoms with Crippen LogP contribution >= 0.6 is 0 Å². The first-order valence-corrected chi connectivity index (χ1v) is 8.22. The van der Waals surface area contributed by atoms with Crippen LogP contribution in [-0.2, 0) is 4.79 Å². The highest BCUT2D eigenvalue weighted by molar-refractivity contribution is 5.83. The summed E-state index contributed by atoms with van der Waals surface area (Å²) in [6.45, 7) is 6.27. The van der Waals surface area contributed by atoms with Gasteiger partial charge in [0.1, 0.15) is 0 Å². The molecule has 2 fully saturated rings. The average molecular weight is 266 g/mol. The molecule has 2 rings (SSSR count). The molecular formula is C16H30N2O. The van der Waals surface area contributed by atoms with Gasteiger partial charge in [-0.25, -0.2) is 0 Å². The monoisotopic (exact) mass is 266 g/mol. The number of carbonyl (C=O) groups excluding carboxylic acids is 1. The van der Waals surface area contributed by atoms with E-state index in [1.807, 2.05) is 0 Å². The van der Waals surface area contributed by atoms with Gasteiger partial charge < -0.3 is 10.6 Å². The molecular weight excluding hydrogens is 236 g/mol. The minimum Gasteiger partial charge on any atom is -0.353 e. The molecule has 0 aromatic rings. The summed E-state index contributed by atoms with van der Waals surface area (Å²) in [5, 5.41) is 6.68. The Morgan fingerprint density at radius 2 is 2.00 bits per heavy atom. The van der Waals surface area contributed by atoms with Crippen molar-refractivity contribution in [3.05, 3.63) is 0 Å². The van der Waals surface area contributed by atoms with Crippen molar-refractivity contribution in [3.8, 4) is 0 Å². The molecule has 0 spiro atoms. The molecule has 0 aromatic heterocycles. The van der Waals surface area contributed by atoms with Crippen molar-refractivity contribution in [1.29, 1.82) is 0 Å². The van der Waals surface area contributed by atoms with Gasteiger partial charge in [0.15, 0.2) is 0 Å². The van der Waals surface area contributed by atoms with Crippen molar-refractivity contribution < 1.29 is 4.79 Å². The maximum atomic E-state index is 12.5. The van der Waals surface area contributed by atoms with Gasteiger partial charge in [0.2, 0.25) is 5.91 Å². The molecule has 1 saturated carbocycles. The largest absolute Gasteiger partial charge is 0.353 e. The predicted octanol–water partition coefficient (Wildman–Crippen LogP) is 2.85. The molecule has 1 aliphatic heterocycles. The van der Waals surface area contributed by atoms with E-state index in [9.17, 15) is 4.79 Å². The second-order valence-corrected chi connectivity index (χ2v) is 6.54. The molecule has 1 unspecified atom stereocenters. The van der Waals surface area contributed by atoms with E-state index in [2.05, 4.69) is 24.5 Å². The third kappa shape index (κ3) is 3.50. The van der Waals surface area contributed by atoms with Crippen molar-refractivity contribution in [2.45, 2.75) is 71.3 Å². The number of hydrogen-bond acceptors (Lipinski definition) is 2. The predicted molar refractivity (Wildman–Crippen MR) is 79.0 cm³/mol. The van der Waals surface area contributed by atoms with Crippen molar-refractivity contribution in [3.63, 3.8) is 0 Å². The van der Waals surface area contributed by atoms with Crippen molar-refractivity contribution in [1.82, 2.24) is 10.6 Å². The molecule has 0 bridgehead atoms. The molecule has 1 atom stereocenters. The average Bonchev–Trinajstić information content (AvgIpc) is 2.91. The highest BCUT2D eigenvalue weighted by Gasteiger charge is 2.40. The Balaban J connectivity index is 1.80. The Kier molecular flexibility index (Phi) is 5.26. The van der Waals surface area contributed by atoms with Gasteiger partial charge in [0.05, 0.1) is 5.41 Å². The van der Waals surface area contributed by atoms with Crippen LogP contribution in [0.15, 0.2) is 0 Å². The second-order valence-electron chi connectivity index (χ2n) is 6.54. The van der Waals surface area contributed by atoms with Crippen molar-refractivity contribution in [2.75, 3.05) is 13.1 Å². The van der Waals surface area contributed by atoms with E-state index in [-0.39, 0.29) is 5.41 Å². The number of amides is 1.